The molecule has 2 amide bonds. The summed E-state index contributed by atoms with van der Waals surface area (Å²) in [6.45, 7) is 1.71. The van der Waals surface area contributed by atoms with Gasteiger partial charge in [-0.15, -0.1) is 0 Å². The summed E-state index contributed by atoms with van der Waals surface area (Å²) in [6.07, 6.45) is 4.26. The number of rotatable bonds is 6. The lowest BCUT2D eigenvalue weighted by Crippen LogP contribution is -2.31. The maximum absolute atomic E-state index is 12.8. The average molecular weight is 351 g/mol. The normalized spacial score (nSPS) is 14.7. The highest BCUT2D eigenvalue weighted by Crippen LogP contribution is 2.31. The standard InChI is InChI=1S/C19H21N5O2/c1-26-18-10-16(5-6-17(18)14(11-20)12-21)24-9-8-23(19(24)25)13-15-4-2-3-7-22-15/h2-7,10-12,20H,8-9,13,21H2,1H3/b14-12+,20-11?. The molecule has 134 valence electrons. The quantitative estimate of drug-likeness (QED) is 0.782. The SMILES string of the molecule is COc1cc(N2CCN(Cc3ccccn3)C2=O)ccc1/C(C=N)=C/N. The monoisotopic (exact) mass is 351 g/mol. The van der Waals surface area contributed by atoms with Gasteiger partial charge in [0.25, 0.3) is 0 Å². The lowest BCUT2D eigenvalue weighted by Gasteiger charge is -2.20. The van der Waals surface area contributed by atoms with Crippen LogP contribution in [0.4, 0.5) is 10.5 Å². The number of anilines is 1. The first-order valence-electron chi connectivity index (χ1n) is 8.25. The molecule has 7 nitrogen and oxygen atoms in total. The van der Waals surface area contributed by atoms with Crippen molar-refractivity contribution in [3.05, 3.63) is 60.1 Å². The number of methoxy groups -OCH3 is 1. The minimum atomic E-state index is -0.0629. The first-order chi connectivity index (χ1) is 12.7. The van der Waals surface area contributed by atoms with Crippen LogP contribution >= 0.6 is 0 Å². The number of pyridine rings is 1. The summed E-state index contributed by atoms with van der Waals surface area (Å²) < 4.78 is 5.43. The number of allylic oxidation sites excluding steroid dienone is 1. The van der Waals surface area contributed by atoms with Crippen molar-refractivity contribution in [2.75, 3.05) is 25.1 Å². The van der Waals surface area contributed by atoms with Crippen LogP contribution in [0.3, 0.4) is 0 Å². The molecule has 2 aromatic rings. The van der Waals surface area contributed by atoms with Crippen molar-refractivity contribution in [2.24, 2.45) is 5.73 Å². The number of carbonyl (C=O) groups excluding carboxylic acids is 1. The molecule has 1 fully saturated rings. The predicted molar refractivity (Wildman–Crippen MR) is 101 cm³/mol. The van der Waals surface area contributed by atoms with Crippen molar-refractivity contribution in [3.63, 3.8) is 0 Å². The lowest BCUT2D eigenvalue weighted by molar-refractivity contribution is 0.218. The molecule has 1 aromatic heterocycles. The van der Waals surface area contributed by atoms with Gasteiger partial charge in [0, 0.05) is 54.6 Å². The van der Waals surface area contributed by atoms with E-state index in [1.54, 1.807) is 29.2 Å². The zero-order valence-electron chi connectivity index (χ0n) is 14.6. The van der Waals surface area contributed by atoms with Crippen molar-refractivity contribution in [2.45, 2.75) is 6.54 Å². The Bertz CT molecular complexity index is 835. The molecule has 0 saturated carbocycles. The highest BCUT2D eigenvalue weighted by atomic mass is 16.5. The average Bonchev–Trinajstić information content (AvgIpc) is 3.04. The van der Waals surface area contributed by atoms with Gasteiger partial charge in [0.15, 0.2) is 0 Å². The molecule has 0 radical (unpaired) electrons. The van der Waals surface area contributed by atoms with Crippen LogP contribution in [-0.4, -0.2) is 42.3 Å². The maximum Gasteiger partial charge on any atom is 0.324 e. The van der Waals surface area contributed by atoms with Crippen LogP contribution in [0.1, 0.15) is 11.3 Å². The largest absolute Gasteiger partial charge is 0.496 e. The Balaban J connectivity index is 1.81. The van der Waals surface area contributed by atoms with Gasteiger partial charge in [-0.1, -0.05) is 6.07 Å². The number of nitrogens with two attached hydrogens (primary N) is 1. The van der Waals surface area contributed by atoms with Gasteiger partial charge in [-0.2, -0.15) is 0 Å². The fourth-order valence-corrected chi connectivity index (χ4v) is 2.96. The summed E-state index contributed by atoms with van der Waals surface area (Å²) in [5.41, 5.74) is 8.44. The number of aromatic nitrogens is 1. The second-order valence-corrected chi connectivity index (χ2v) is 5.83. The number of nitrogens with zero attached hydrogens (tertiary/aromatic N) is 3. The van der Waals surface area contributed by atoms with Crippen LogP contribution in [0.2, 0.25) is 0 Å². The molecule has 0 bridgehead atoms. The van der Waals surface area contributed by atoms with E-state index in [1.807, 2.05) is 30.3 Å². The Hall–Kier alpha value is -3.35. The van der Waals surface area contributed by atoms with Gasteiger partial charge >= 0.3 is 6.03 Å². The highest BCUT2D eigenvalue weighted by Gasteiger charge is 2.30. The summed E-state index contributed by atoms with van der Waals surface area (Å²) in [4.78, 5) is 20.5. The smallest absolute Gasteiger partial charge is 0.324 e. The number of urea groups is 1. The van der Waals surface area contributed by atoms with Gasteiger partial charge in [0.2, 0.25) is 0 Å². The van der Waals surface area contributed by atoms with Crippen molar-refractivity contribution in [3.8, 4) is 5.75 Å². The van der Waals surface area contributed by atoms with Crippen LogP contribution in [0.25, 0.3) is 5.57 Å². The summed E-state index contributed by atoms with van der Waals surface area (Å²) in [7, 11) is 1.56. The molecule has 0 aliphatic carbocycles. The Kier molecular flexibility index (Phi) is 5.17. The molecule has 0 spiro atoms. The van der Waals surface area contributed by atoms with E-state index in [1.165, 1.54) is 12.4 Å². The van der Waals surface area contributed by atoms with E-state index >= 15 is 0 Å². The van der Waals surface area contributed by atoms with Crippen molar-refractivity contribution in [1.82, 2.24) is 9.88 Å². The summed E-state index contributed by atoms with van der Waals surface area (Å²) in [5, 5.41) is 7.45. The molecular weight excluding hydrogens is 330 g/mol. The molecule has 7 heteroatoms. The van der Waals surface area contributed by atoms with E-state index in [0.717, 1.165) is 11.4 Å². The molecular formula is C19H21N5O2. The third kappa shape index (κ3) is 3.37. The Labute approximate surface area is 152 Å². The van der Waals surface area contributed by atoms with E-state index < -0.39 is 0 Å². The third-order valence-corrected chi connectivity index (χ3v) is 4.32. The van der Waals surface area contributed by atoms with E-state index in [9.17, 15) is 4.79 Å². The second-order valence-electron chi connectivity index (χ2n) is 5.83. The van der Waals surface area contributed by atoms with Gasteiger partial charge in [-0.25, -0.2) is 4.79 Å². The molecule has 2 heterocycles. The number of nitrogens with one attached hydrogen (secondary N) is 1. The van der Waals surface area contributed by atoms with E-state index in [-0.39, 0.29) is 6.03 Å². The number of benzene rings is 1. The van der Waals surface area contributed by atoms with Crippen molar-refractivity contribution >= 4 is 23.5 Å². The van der Waals surface area contributed by atoms with Gasteiger partial charge in [0.1, 0.15) is 5.75 Å². The van der Waals surface area contributed by atoms with Crippen LogP contribution in [0.15, 0.2) is 48.8 Å². The number of carbonyl (C=O) groups is 1. The van der Waals surface area contributed by atoms with Crippen LogP contribution in [0, 0.1) is 5.41 Å². The Morgan fingerprint density at radius 2 is 2.19 bits per heavy atom. The maximum atomic E-state index is 12.8. The van der Waals surface area contributed by atoms with E-state index in [2.05, 4.69) is 4.98 Å². The number of hydrogen-bond acceptors (Lipinski definition) is 5. The van der Waals surface area contributed by atoms with Crippen LogP contribution < -0.4 is 15.4 Å². The first-order valence-corrected chi connectivity index (χ1v) is 8.25. The Morgan fingerprint density at radius 3 is 2.85 bits per heavy atom. The minimum absolute atomic E-state index is 0.0629. The minimum Gasteiger partial charge on any atom is -0.496 e. The zero-order valence-corrected chi connectivity index (χ0v) is 14.6. The molecule has 1 saturated heterocycles. The third-order valence-electron chi connectivity index (χ3n) is 4.32. The lowest BCUT2D eigenvalue weighted by atomic mass is 10.1. The fraction of sp³-hybridized carbons (Fsp3) is 0.211. The van der Waals surface area contributed by atoms with Gasteiger partial charge in [-0.05, 0) is 24.3 Å². The molecule has 3 N–H and O–H groups in total. The predicted octanol–water partition coefficient (Wildman–Crippen LogP) is 2.48. The fourth-order valence-electron chi connectivity index (χ4n) is 2.96. The zero-order chi connectivity index (χ0) is 18.5. The van der Waals surface area contributed by atoms with Gasteiger partial charge < -0.3 is 20.8 Å². The topological polar surface area (TPSA) is 95.5 Å². The highest BCUT2D eigenvalue weighted by molar-refractivity contribution is 6.09. The van der Waals surface area contributed by atoms with Gasteiger partial charge in [0.05, 0.1) is 19.3 Å². The number of hydrogen-bond donors (Lipinski definition) is 2. The second kappa shape index (κ2) is 7.69. The van der Waals surface area contributed by atoms with Crippen molar-refractivity contribution in [1.29, 1.82) is 5.41 Å². The molecule has 3 rings (SSSR count). The van der Waals surface area contributed by atoms with Crippen LogP contribution in [0.5, 0.6) is 5.75 Å². The molecule has 26 heavy (non-hydrogen) atoms. The Morgan fingerprint density at radius 1 is 1.35 bits per heavy atom. The van der Waals surface area contributed by atoms with E-state index in [0.29, 0.717) is 36.5 Å². The van der Waals surface area contributed by atoms with Gasteiger partial charge in [-0.3, -0.25) is 9.88 Å². The van der Waals surface area contributed by atoms with E-state index in [4.69, 9.17) is 15.9 Å². The number of ether oxygens (including phenoxy) is 1. The molecule has 1 aliphatic rings. The molecule has 0 unspecified atom stereocenters. The summed E-state index contributed by atoms with van der Waals surface area (Å²) in [6, 6.07) is 11.1. The first kappa shape index (κ1) is 17.5. The number of amides is 2. The molecule has 0 atom stereocenters. The molecule has 1 aromatic carbocycles. The van der Waals surface area contributed by atoms with Crippen LogP contribution in [-0.2, 0) is 6.54 Å². The summed E-state index contributed by atoms with van der Waals surface area (Å²) >= 11 is 0. The van der Waals surface area contributed by atoms with Crippen molar-refractivity contribution < 1.29 is 9.53 Å². The molecule has 1 aliphatic heterocycles. The summed E-state index contributed by atoms with van der Waals surface area (Å²) in [5.74, 6) is 0.568.